The molecule has 8 heteroatoms. The molecule has 0 fully saturated rings. The van der Waals surface area contributed by atoms with Crippen LogP contribution in [0.25, 0.3) is 21.3 Å². The number of halogens is 1. The fourth-order valence-electron chi connectivity index (χ4n) is 2.98. The third-order valence-electron chi connectivity index (χ3n) is 4.41. The maximum Gasteiger partial charge on any atom is 0.346 e. The molecule has 0 aliphatic carbocycles. The van der Waals surface area contributed by atoms with Gasteiger partial charge >= 0.3 is 5.69 Å². The second kappa shape index (κ2) is 7.34. The first kappa shape index (κ1) is 17.4. The number of hydrogen-bond donors (Lipinski definition) is 2. The van der Waals surface area contributed by atoms with Crippen molar-refractivity contribution in [1.82, 2.24) is 19.3 Å². The van der Waals surface area contributed by atoms with Crippen LogP contribution in [0.4, 0.5) is 4.39 Å². The summed E-state index contributed by atoms with van der Waals surface area (Å²) >= 11 is 1.63. The van der Waals surface area contributed by atoms with Crippen molar-refractivity contribution in [3.05, 3.63) is 76.2 Å². The number of aromatic nitrogens is 4. The number of nitrogens with one attached hydrogen (secondary N) is 1. The van der Waals surface area contributed by atoms with Crippen LogP contribution < -0.4 is 11.4 Å². The van der Waals surface area contributed by atoms with Crippen molar-refractivity contribution in [1.29, 1.82) is 0 Å². The molecule has 0 aliphatic rings. The Hall–Kier alpha value is -2.97. The van der Waals surface area contributed by atoms with Crippen LogP contribution in [-0.2, 0) is 13.1 Å². The van der Waals surface area contributed by atoms with Crippen LogP contribution in [0, 0.1) is 0 Å². The monoisotopic (exact) mass is 383 g/mol. The molecule has 1 aromatic carbocycles. The number of para-hydroxylation sites is 1. The molecule has 4 aromatic rings. The molecule has 6 nitrogen and oxygen atoms in total. The number of H-pyrrole nitrogens is 1. The molecule has 0 spiro atoms. The van der Waals surface area contributed by atoms with Crippen molar-refractivity contribution in [2.75, 3.05) is 6.54 Å². The summed E-state index contributed by atoms with van der Waals surface area (Å²) < 4.78 is 15.4. The van der Waals surface area contributed by atoms with Gasteiger partial charge in [-0.05, 0) is 23.8 Å². The predicted octanol–water partition coefficient (Wildman–Crippen LogP) is 3.12. The van der Waals surface area contributed by atoms with E-state index in [1.54, 1.807) is 11.3 Å². The smallest absolute Gasteiger partial charge is 0.346 e. The van der Waals surface area contributed by atoms with Gasteiger partial charge in [0.05, 0.1) is 19.4 Å². The highest BCUT2D eigenvalue weighted by molar-refractivity contribution is 7.15. The van der Waals surface area contributed by atoms with Gasteiger partial charge in [-0.1, -0.05) is 18.2 Å². The van der Waals surface area contributed by atoms with E-state index >= 15 is 0 Å². The third-order valence-corrected chi connectivity index (χ3v) is 5.51. The molecular weight excluding hydrogens is 365 g/mol. The van der Waals surface area contributed by atoms with Crippen molar-refractivity contribution in [2.45, 2.75) is 13.1 Å². The zero-order valence-electron chi connectivity index (χ0n) is 14.4. The Morgan fingerprint density at radius 3 is 2.96 bits per heavy atom. The second-order valence-corrected chi connectivity index (χ2v) is 7.35. The molecule has 3 heterocycles. The topological polar surface area (TPSA) is 81.6 Å². The van der Waals surface area contributed by atoms with Gasteiger partial charge in [-0.15, -0.1) is 11.3 Å². The number of fused-ring (bicyclic) bond motifs is 1. The van der Waals surface area contributed by atoms with E-state index in [0.717, 1.165) is 20.8 Å². The second-order valence-electron chi connectivity index (χ2n) is 6.18. The van der Waals surface area contributed by atoms with Crippen molar-refractivity contribution in [3.63, 3.8) is 0 Å². The fraction of sp³-hybridized carbons (Fsp3) is 0.158. The first-order valence-electron chi connectivity index (χ1n) is 8.45. The van der Waals surface area contributed by atoms with Crippen LogP contribution in [0.1, 0.15) is 4.88 Å². The maximum absolute atomic E-state index is 12.7. The Morgan fingerprint density at radius 1 is 1.30 bits per heavy atom. The molecule has 3 N–H and O–H groups in total. The highest BCUT2D eigenvalue weighted by Crippen LogP contribution is 2.33. The summed E-state index contributed by atoms with van der Waals surface area (Å²) in [5.41, 5.74) is 7.71. The molecule has 138 valence electrons. The average Bonchev–Trinajstić information content (AvgIpc) is 3.40. The van der Waals surface area contributed by atoms with Crippen LogP contribution in [0.3, 0.4) is 0 Å². The minimum atomic E-state index is -0.287. The molecular formula is C19H18FN5OS. The van der Waals surface area contributed by atoms with Gasteiger partial charge in [0, 0.05) is 39.0 Å². The number of nitrogens with zero attached hydrogens (tertiary/aromatic N) is 3. The lowest BCUT2D eigenvalue weighted by Gasteiger charge is -2.01. The predicted molar refractivity (Wildman–Crippen MR) is 105 cm³/mol. The van der Waals surface area contributed by atoms with Crippen molar-refractivity contribution < 1.29 is 4.39 Å². The van der Waals surface area contributed by atoms with E-state index in [1.165, 1.54) is 21.0 Å². The number of benzene rings is 1. The first-order chi connectivity index (χ1) is 13.2. The van der Waals surface area contributed by atoms with Gasteiger partial charge in [0.15, 0.2) is 0 Å². The van der Waals surface area contributed by atoms with Gasteiger partial charge in [0.2, 0.25) is 0 Å². The molecule has 0 atom stereocenters. The molecule has 0 amide bonds. The van der Waals surface area contributed by atoms with Gasteiger partial charge in [-0.25, -0.2) is 13.9 Å². The van der Waals surface area contributed by atoms with Crippen LogP contribution >= 0.6 is 11.3 Å². The van der Waals surface area contributed by atoms with E-state index in [2.05, 4.69) is 22.2 Å². The Kier molecular flexibility index (Phi) is 4.74. The standard InChI is InChI=1S/C19H18FN5OS/c20-7-13(8-21)10-25-19(26)24(12-23-25)11-14-5-6-18(27-14)16-9-22-17-4-2-1-3-15(16)17/h1-7,9,12,22H,8,10-11,21H2/b13-7+. The van der Waals surface area contributed by atoms with E-state index in [-0.39, 0.29) is 18.8 Å². The molecule has 0 radical (unpaired) electrons. The van der Waals surface area contributed by atoms with E-state index in [9.17, 15) is 9.18 Å². The molecule has 27 heavy (non-hydrogen) atoms. The lowest BCUT2D eigenvalue weighted by molar-refractivity contribution is 0.604. The summed E-state index contributed by atoms with van der Waals surface area (Å²) in [5, 5.41) is 5.22. The number of aromatic amines is 1. The highest BCUT2D eigenvalue weighted by Gasteiger charge is 2.11. The maximum atomic E-state index is 12.7. The Balaban J connectivity index is 1.57. The Bertz CT molecular complexity index is 1170. The normalized spacial score (nSPS) is 12.1. The van der Waals surface area contributed by atoms with Crippen molar-refractivity contribution in [3.8, 4) is 10.4 Å². The molecule has 0 saturated carbocycles. The van der Waals surface area contributed by atoms with Crippen LogP contribution in [0.5, 0.6) is 0 Å². The SMILES string of the molecule is NC/C(=C\F)Cn1ncn(Cc2ccc(-c3c[nH]c4ccccc34)s2)c1=O. The van der Waals surface area contributed by atoms with E-state index in [4.69, 9.17) is 5.73 Å². The zero-order valence-corrected chi connectivity index (χ0v) is 15.2. The first-order valence-corrected chi connectivity index (χ1v) is 9.27. The minimum Gasteiger partial charge on any atom is -0.361 e. The van der Waals surface area contributed by atoms with E-state index in [1.807, 2.05) is 30.5 Å². The average molecular weight is 383 g/mol. The van der Waals surface area contributed by atoms with Gasteiger partial charge in [0.1, 0.15) is 6.33 Å². The Labute approximate surface area is 158 Å². The summed E-state index contributed by atoms with van der Waals surface area (Å²) in [4.78, 5) is 17.9. The summed E-state index contributed by atoms with van der Waals surface area (Å²) in [6.45, 7) is 0.529. The molecule has 0 aliphatic heterocycles. The summed E-state index contributed by atoms with van der Waals surface area (Å²) in [6, 6.07) is 12.2. The van der Waals surface area contributed by atoms with E-state index in [0.29, 0.717) is 18.4 Å². The lowest BCUT2D eigenvalue weighted by Crippen LogP contribution is -2.26. The molecule has 3 aromatic heterocycles. The largest absolute Gasteiger partial charge is 0.361 e. The van der Waals surface area contributed by atoms with E-state index < -0.39 is 0 Å². The number of rotatable bonds is 6. The Morgan fingerprint density at radius 2 is 2.15 bits per heavy atom. The summed E-state index contributed by atoms with van der Waals surface area (Å²) in [5.74, 6) is 0. The highest BCUT2D eigenvalue weighted by atomic mass is 32.1. The zero-order chi connectivity index (χ0) is 18.8. The van der Waals surface area contributed by atoms with Gasteiger partial charge in [-0.2, -0.15) is 5.10 Å². The molecule has 0 saturated heterocycles. The number of hydrogen-bond acceptors (Lipinski definition) is 4. The van der Waals surface area contributed by atoms with Crippen molar-refractivity contribution >= 4 is 22.2 Å². The molecule has 4 rings (SSSR count). The quantitative estimate of drug-likeness (QED) is 0.537. The minimum absolute atomic E-state index is 0.0503. The van der Waals surface area contributed by atoms with Crippen LogP contribution in [0.15, 0.2) is 65.6 Å². The number of nitrogens with two attached hydrogens (primary N) is 1. The molecule has 0 bridgehead atoms. The lowest BCUT2D eigenvalue weighted by atomic mass is 10.1. The fourth-order valence-corrected chi connectivity index (χ4v) is 4.01. The summed E-state index contributed by atoms with van der Waals surface area (Å²) in [7, 11) is 0. The van der Waals surface area contributed by atoms with Gasteiger partial charge in [0.25, 0.3) is 0 Å². The number of thiophene rings is 1. The summed E-state index contributed by atoms with van der Waals surface area (Å²) in [6.07, 6.45) is 3.90. The van der Waals surface area contributed by atoms with Crippen LogP contribution in [0.2, 0.25) is 0 Å². The van der Waals surface area contributed by atoms with Gasteiger partial charge < -0.3 is 10.7 Å². The van der Waals surface area contributed by atoms with Gasteiger partial charge in [-0.3, -0.25) is 4.57 Å². The molecule has 0 unspecified atom stereocenters. The van der Waals surface area contributed by atoms with Crippen molar-refractivity contribution in [2.24, 2.45) is 5.73 Å². The van der Waals surface area contributed by atoms with Crippen LogP contribution in [-0.4, -0.2) is 25.9 Å². The third kappa shape index (κ3) is 3.36.